The zero-order valence-corrected chi connectivity index (χ0v) is 15.3. The highest BCUT2D eigenvalue weighted by Crippen LogP contribution is 2.38. The summed E-state index contributed by atoms with van der Waals surface area (Å²) in [6, 6.07) is 17.4. The summed E-state index contributed by atoms with van der Waals surface area (Å²) in [5, 5.41) is 3.73. The second-order valence-electron chi connectivity index (χ2n) is 6.95. The van der Waals surface area contributed by atoms with Gasteiger partial charge in [0.15, 0.2) is 9.84 Å². The van der Waals surface area contributed by atoms with Crippen molar-refractivity contribution in [1.29, 1.82) is 0 Å². The summed E-state index contributed by atoms with van der Waals surface area (Å²) in [5.41, 5.74) is 1.50. The van der Waals surface area contributed by atoms with Gasteiger partial charge in [-0.05, 0) is 29.5 Å². The van der Waals surface area contributed by atoms with E-state index in [0.29, 0.717) is 4.90 Å². The minimum absolute atomic E-state index is 0.123. The quantitative estimate of drug-likeness (QED) is 0.917. The fourth-order valence-corrected chi connectivity index (χ4v) is 5.97. The molecular weight excluding hydrogens is 318 g/mol. The molecule has 0 radical (unpaired) electrons. The lowest BCUT2D eigenvalue weighted by Gasteiger charge is -2.39. The van der Waals surface area contributed by atoms with Gasteiger partial charge in [-0.15, -0.1) is 0 Å². The van der Waals surface area contributed by atoms with Crippen molar-refractivity contribution in [2.75, 3.05) is 5.75 Å². The smallest absolute Gasteiger partial charge is 0.180 e. The molecule has 2 atom stereocenters. The lowest BCUT2D eigenvalue weighted by atomic mass is 9.83. The highest BCUT2D eigenvalue weighted by atomic mass is 32.2. The van der Waals surface area contributed by atoms with E-state index in [4.69, 9.17) is 0 Å². The molecule has 0 amide bonds. The number of hydrogen-bond acceptors (Lipinski definition) is 3. The van der Waals surface area contributed by atoms with Crippen LogP contribution in [0.2, 0.25) is 0 Å². The summed E-state index contributed by atoms with van der Waals surface area (Å²) < 4.78 is 26.2. The minimum atomic E-state index is -3.35. The van der Waals surface area contributed by atoms with Gasteiger partial charge in [0.05, 0.1) is 16.7 Å². The average Bonchev–Trinajstić information content (AvgIpc) is 2.69. The summed E-state index contributed by atoms with van der Waals surface area (Å²) in [6.07, 6.45) is 0.765. The van der Waals surface area contributed by atoms with Crippen LogP contribution in [0.25, 0.3) is 0 Å². The maximum absolute atomic E-state index is 13.1. The number of sulfone groups is 1. The second-order valence-corrected chi connectivity index (χ2v) is 8.91. The van der Waals surface area contributed by atoms with Gasteiger partial charge in [-0.2, -0.15) is 0 Å². The maximum Gasteiger partial charge on any atom is 0.180 e. The molecule has 2 unspecified atom stereocenters. The van der Waals surface area contributed by atoms with E-state index in [1.165, 1.54) is 0 Å². The first kappa shape index (κ1) is 17.2. The van der Waals surface area contributed by atoms with Crippen molar-refractivity contribution in [2.45, 2.75) is 43.7 Å². The lowest BCUT2D eigenvalue weighted by Crippen LogP contribution is -2.54. The van der Waals surface area contributed by atoms with Gasteiger partial charge in [-0.1, -0.05) is 69.3 Å². The number of hydrogen-bond donors (Lipinski definition) is 1. The standard InChI is InChI=1S/C20H25NO2S/c1-4-20(15(2)3)14-24(22,23)18-13-9-8-12-17(18)19(21-20)16-10-6-5-7-11-16/h5-13,15,19,21H,4,14H2,1-3H3. The predicted molar refractivity (Wildman–Crippen MR) is 97.8 cm³/mol. The summed E-state index contributed by atoms with van der Waals surface area (Å²) >= 11 is 0. The van der Waals surface area contributed by atoms with Crippen LogP contribution in [0, 0.1) is 5.92 Å². The van der Waals surface area contributed by atoms with Crippen molar-refractivity contribution in [3.05, 3.63) is 65.7 Å². The van der Waals surface area contributed by atoms with E-state index >= 15 is 0 Å². The Morgan fingerprint density at radius 2 is 1.71 bits per heavy atom. The summed E-state index contributed by atoms with van der Waals surface area (Å²) in [6.45, 7) is 6.27. The second kappa shape index (κ2) is 6.34. The highest BCUT2D eigenvalue weighted by molar-refractivity contribution is 7.91. The number of fused-ring (bicyclic) bond motifs is 1. The van der Waals surface area contributed by atoms with Crippen LogP contribution in [0.3, 0.4) is 0 Å². The third-order valence-corrected chi connectivity index (χ3v) is 7.25. The van der Waals surface area contributed by atoms with Crippen molar-refractivity contribution in [3.63, 3.8) is 0 Å². The summed E-state index contributed by atoms with van der Waals surface area (Å²) in [5.74, 6) is 0.340. The van der Waals surface area contributed by atoms with E-state index in [0.717, 1.165) is 17.5 Å². The fourth-order valence-electron chi connectivity index (χ4n) is 3.68. The molecule has 1 aliphatic rings. The Kier molecular flexibility index (Phi) is 4.54. The van der Waals surface area contributed by atoms with Crippen LogP contribution in [0.15, 0.2) is 59.5 Å². The van der Waals surface area contributed by atoms with Gasteiger partial charge in [0.1, 0.15) is 0 Å². The van der Waals surface area contributed by atoms with Crippen LogP contribution >= 0.6 is 0 Å². The average molecular weight is 343 g/mol. The van der Waals surface area contributed by atoms with Gasteiger partial charge in [0.2, 0.25) is 0 Å². The van der Waals surface area contributed by atoms with Gasteiger partial charge >= 0.3 is 0 Å². The molecule has 0 aliphatic carbocycles. The molecule has 128 valence electrons. The monoisotopic (exact) mass is 343 g/mol. The van der Waals surface area contributed by atoms with Crippen molar-refractivity contribution in [2.24, 2.45) is 5.92 Å². The molecule has 0 aromatic heterocycles. The molecule has 2 aromatic rings. The molecule has 0 saturated carbocycles. The Labute approximate surface area is 145 Å². The summed E-state index contributed by atoms with van der Waals surface area (Å²) in [4.78, 5) is 0.460. The van der Waals surface area contributed by atoms with Gasteiger partial charge in [-0.3, -0.25) is 5.32 Å². The first-order chi connectivity index (χ1) is 11.4. The first-order valence-electron chi connectivity index (χ1n) is 8.54. The Bertz CT molecular complexity index is 815. The van der Waals surface area contributed by atoms with Crippen molar-refractivity contribution >= 4 is 9.84 Å². The maximum atomic E-state index is 13.1. The molecule has 2 aromatic carbocycles. The Hall–Kier alpha value is -1.65. The molecule has 1 heterocycles. The zero-order chi connectivity index (χ0) is 17.4. The third kappa shape index (κ3) is 2.89. The molecule has 1 aliphatic heterocycles. The molecule has 24 heavy (non-hydrogen) atoms. The van der Waals surface area contributed by atoms with Crippen LogP contribution in [-0.4, -0.2) is 19.7 Å². The minimum Gasteiger partial charge on any atom is -0.299 e. The fraction of sp³-hybridized carbons (Fsp3) is 0.400. The topological polar surface area (TPSA) is 46.2 Å². The van der Waals surface area contributed by atoms with Gasteiger partial charge in [0, 0.05) is 5.54 Å². The highest BCUT2D eigenvalue weighted by Gasteiger charge is 2.43. The Morgan fingerprint density at radius 3 is 2.33 bits per heavy atom. The first-order valence-corrected chi connectivity index (χ1v) is 10.2. The van der Waals surface area contributed by atoms with Crippen LogP contribution in [0.4, 0.5) is 0 Å². The molecule has 0 fully saturated rings. The van der Waals surface area contributed by atoms with E-state index in [1.807, 2.05) is 36.4 Å². The summed E-state index contributed by atoms with van der Waals surface area (Å²) in [7, 11) is -3.35. The van der Waals surface area contributed by atoms with Gasteiger partial charge in [0.25, 0.3) is 0 Å². The van der Waals surface area contributed by atoms with Crippen LogP contribution in [0.1, 0.15) is 44.4 Å². The molecule has 0 bridgehead atoms. The SMILES string of the molecule is CCC1(C(C)C)CS(=O)(=O)c2ccccc2C(c2ccccc2)N1. The van der Waals surface area contributed by atoms with Crippen molar-refractivity contribution in [3.8, 4) is 0 Å². The third-order valence-electron chi connectivity index (χ3n) is 5.31. The predicted octanol–water partition coefficient (Wildman–Crippen LogP) is 3.96. The van der Waals surface area contributed by atoms with E-state index in [2.05, 4.69) is 38.2 Å². The zero-order valence-electron chi connectivity index (χ0n) is 14.5. The molecule has 1 N–H and O–H groups in total. The molecular formula is C20H25NO2S. The van der Waals surface area contributed by atoms with Gasteiger partial charge in [-0.25, -0.2) is 8.42 Å². The molecule has 3 nitrogen and oxygen atoms in total. The molecule has 0 saturated heterocycles. The largest absolute Gasteiger partial charge is 0.299 e. The number of benzene rings is 2. The van der Waals surface area contributed by atoms with E-state index in [9.17, 15) is 8.42 Å². The normalized spacial score (nSPS) is 25.9. The van der Waals surface area contributed by atoms with Crippen LogP contribution in [-0.2, 0) is 9.84 Å². The lowest BCUT2D eigenvalue weighted by molar-refractivity contribution is 0.240. The van der Waals surface area contributed by atoms with Gasteiger partial charge < -0.3 is 0 Å². The Balaban J connectivity index is 2.26. The number of nitrogens with one attached hydrogen (secondary N) is 1. The molecule has 4 heteroatoms. The molecule has 0 spiro atoms. The van der Waals surface area contributed by atoms with Crippen molar-refractivity contribution < 1.29 is 8.42 Å². The van der Waals surface area contributed by atoms with Crippen molar-refractivity contribution in [1.82, 2.24) is 5.32 Å². The van der Waals surface area contributed by atoms with Crippen LogP contribution < -0.4 is 5.32 Å². The van der Waals surface area contributed by atoms with Crippen LogP contribution in [0.5, 0.6) is 0 Å². The number of rotatable bonds is 3. The van der Waals surface area contributed by atoms with E-state index < -0.39 is 15.4 Å². The van der Waals surface area contributed by atoms with E-state index in [1.54, 1.807) is 6.07 Å². The molecule has 3 rings (SSSR count). The Morgan fingerprint density at radius 1 is 1.08 bits per heavy atom. The van der Waals surface area contributed by atoms with E-state index in [-0.39, 0.29) is 17.7 Å².